The Kier molecular flexibility index (Phi) is 8.34. The zero-order valence-electron chi connectivity index (χ0n) is 20.9. The molecule has 11 heteroatoms. The first kappa shape index (κ1) is 27.9. The number of nitrogens with zero attached hydrogens (tertiary/aromatic N) is 3. The number of rotatable bonds is 6. The van der Waals surface area contributed by atoms with Crippen LogP contribution < -0.4 is 0 Å². The standard InChI is InChI=1S/C25H32F3N3O4S/c1-24(2,3)35-23(32)30-13-11-20(12-14-30)31(17-25(26,27)28)16-18-5-10-22(29-15-18)19-6-8-21(9-7-19)36(4,33)34/h5-10,15,20H,11-14,16-17H2,1-4H3. The Balaban J connectivity index is 1.68. The molecule has 2 aromatic rings. The SMILES string of the molecule is CC(C)(C)OC(=O)N1CCC(N(Cc2ccc(-c3ccc(S(C)(=O)=O)cc3)nc2)CC(F)(F)F)CC1. The summed E-state index contributed by atoms with van der Waals surface area (Å²) in [6.07, 6.45) is -1.33. The lowest BCUT2D eigenvalue weighted by atomic mass is 10.0. The third kappa shape index (κ3) is 8.19. The molecule has 1 aliphatic heterocycles. The van der Waals surface area contributed by atoms with E-state index in [4.69, 9.17) is 4.74 Å². The number of ether oxygens (including phenoxy) is 1. The minimum atomic E-state index is -4.36. The zero-order valence-corrected chi connectivity index (χ0v) is 21.7. The summed E-state index contributed by atoms with van der Waals surface area (Å²) in [6, 6.07) is 9.38. The van der Waals surface area contributed by atoms with Crippen LogP contribution in [0.15, 0.2) is 47.5 Å². The van der Waals surface area contributed by atoms with Gasteiger partial charge in [-0.15, -0.1) is 0 Å². The summed E-state index contributed by atoms with van der Waals surface area (Å²) in [7, 11) is -3.31. The Bertz CT molecular complexity index is 1140. The number of carbonyl (C=O) groups excluding carboxylic acids is 1. The molecule has 7 nitrogen and oxygen atoms in total. The van der Waals surface area contributed by atoms with Gasteiger partial charge in [0, 0.05) is 43.7 Å². The summed E-state index contributed by atoms with van der Waals surface area (Å²) >= 11 is 0. The maximum Gasteiger partial charge on any atom is 0.410 e. The zero-order chi connectivity index (χ0) is 26.7. The maximum atomic E-state index is 13.4. The van der Waals surface area contributed by atoms with E-state index in [9.17, 15) is 26.4 Å². The molecule has 0 saturated carbocycles. The van der Waals surface area contributed by atoms with Gasteiger partial charge in [-0.2, -0.15) is 13.2 Å². The van der Waals surface area contributed by atoms with Crippen LogP contribution in [0.4, 0.5) is 18.0 Å². The molecule has 1 aromatic carbocycles. The first-order valence-corrected chi connectivity index (χ1v) is 13.5. The lowest BCUT2D eigenvalue weighted by Gasteiger charge is -2.39. The molecule has 3 rings (SSSR count). The van der Waals surface area contributed by atoms with E-state index in [1.165, 1.54) is 17.0 Å². The van der Waals surface area contributed by atoms with Gasteiger partial charge in [0.15, 0.2) is 9.84 Å². The fraction of sp³-hybridized carbons (Fsp3) is 0.520. The van der Waals surface area contributed by atoms with Gasteiger partial charge in [-0.3, -0.25) is 9.88 Å². The van der Waals surface area contributed by atoms with Crippen LogP contribution >= 0.6 is 0 Å². The number of piperidine rings is 1. The van der Waals surface area contributed by atoms with Crippen LogP contribution in [-0.4, -0.2) is 73.0 Å². The van der Waals surface area contributed by atoms with E-state index in [2.05, 4.69) is 4.98 Å². The van der Waals surface area contributed by atoms with Gasteiger partial charge in [-0.25, -0.2) is 13.2 Å². The normalized spacial score (nSPS) is 15.8. The average Bonchev–Trinajstić information content (AvgIpc) is 2.77. The van der Waals surface area contributed by atoms with Crippen molar-refractivity contribution in [3.63, 3.8) is 0 Å². The van der Waals surface area contributed by atoms with Crippen LogP contribution in [0.3, 0.4) is 0 Å². The minimum absolute atomic E-state index is 0.0664. The molecular weight excluding hydrogens is 495 g/mol. The number of alkyl halides is 3. The van der Waals surface area contributed by atoms with Crippen molar-refractivity contribution in [3.05, 3.63) is 48.2 Å². The highest BCUT2D eigenvalue weighted by atomic mass is 32.2. The van der Waals surface area contributed by atoms with Gasteiger partial charge in [0.25, 0.3) is 0 Å². The number of pyridine rings is 1. The van der Waals surface area contributed by atoms with Crippen molar-refractivity contribution in [1.82, 2.24) is 14.8 Å². The van der Waals surface area contributed by atoms with Gasteiger partial charge >= 0.3 is 12.3 Å². The fourth-order valence-corrected chi connectivity index (χ4v) is 4.71. The molecular formula is C25H32F3N3O4S. The number of amides is 1. The number of aromatic nitrogens is 1. The third-order valence-electron chi connectivity index (χ3n) is 5.80. The van der Waals surface area contributed by atoms with E-state index in [0.29, 0.717) is 42.8 Å². The molecule has 0 bridgehead atoms. The van der Waals surface area contributed by atoms with Crippen molar-refractivity contribution >= 4 is 15.9 Å². The first-order chi connectivity index (χ1) is 16.6. The smallest absolute Gasteiger partial charge is 0.410 e. The van der Waals surface area contributed by atoms with Crippen molar-refractivity contribution in [3.8, 4) is 11.3 Å². The number of likely N-dealkylation sites (tertiary alicyclic amines) is 1. The van der Waals surface area contributed by atoms with Crippen molar-refractivity contribution < 1.29 is 31.1 Å². The van der Waals surface area contributed by atoms with Crippen LogP contribution in [-0.2, 0) is 21.1 Å². The Morgan fingerprint density at radius 1 is 1.08 bits per heavy atom. The number of hydrogen-bond acceptors (Lipinski definition) is 6. The van der Waals surface area contributed by atoms with Gasteiger partial charge < -0.3 is 9.64 Å². The molecule has 198 valence electrons. The Hall–Kier alpha value is -2.66. The first-order valence-electron chi connectivity index (χ1n) is 11.6. The molecule has 2 heterocycles. The third-order valence-corrected chi connectivity index (χ3v) is 6.93. The van der Waals surface area contributed by atoms with Gasteiger partial charge in [0.05, 0.1) is 17.1 Å². The molecule has 0 spiro atoms. The molecule has 36 heavy (non-hydrogen) atoms. The average molecular weight is 528 g/mol. The molecule has 0 unspecified atom stereocenters. The largest absolute Gasteiger partial charge is 0.444 e. The van der Waals surface area contributed by atoms with Crippen molar-refractivity contribution in [1.29, 1.82) is 0 Å². The molecule has 1 fully saturated rings. The summed E-state index contributed by atoms with van der Waals surface area (Å²) in [5.41, 5.74) is 1.29. The van der Waals surface area contributed by atoms with E-state index in [1.807, 2.05) is 0 Å². The second-order valence-corrected chi connectivity index (χ2v) is 12.1. The number of hydrogen-bond donors (Lipinski definition) is 0. The van der Waals surface area contributed by atoms with E-state index in [1.54, 1.807) is 56.1 Å². The maximum absolute atomic E-state index is 13.4. The Morgan fingerprint density at radius 2 is 1.69 bits per heavy atom. The van der Waals surface area contributed by atoms with Gasteiger partial charge in [-0.05, 0) is 57.4 Å². The van der Waals surface area contributed by atoms with Crippen LogP contribution in [0, 0.1) is 0 Å². The Morgan fingerprint density at radius 3 is 2.17 bits per heavy atom. The molecule has 0 atom stereocenters. The predicted octanol–water partition coefficient (Wildman–Crippen LogP) is 4.92. The van der Waals surface area contributed by atoms with E-state index >= 15 is 0 Å². The van der Waals surface area contributed by atoms with Gasteiger partial charge in [0.2, 0.25) is 0 Å². The lowest BCUT2D eigenvalue weighted by Crippen LogP contribution is -2.49. The quantitative estimate of drug-likeness (QED) is 0.531. The summed E-state index contributed by atoms with van der Waals surface area (Å²) in [5.74, 6) is 0. The number of sulfone groups is 1. The predicted molar refractivity (Wildman–Crippen MR) is 130 cm³/mol. The molecule has 1 aliphatic rings. The highest BCUT2D eigenvalue weighted by Gasteiger charge is 2.36. The van der Waals surface area contributed by atoms with Gasteiger partial charge in [0.1, 0.15) is 5.60 Å². The van der Waals surface area contributed by atoms with E-state index in [-0.39, 0.29) is 17.5 Å². The van der Waals surface area contributed by atoms with Gasteiger partial charge in [-0.1, -0.05) is 18.2 Å². The van der Waals surface area contributed by atoms with Crippen molar-refractivity contribution in [2.24, 2.45) is 0 Å². The molecule has 0 aliphatic carbocycles. The minimum Gasteiger partial charge on any atom is -0.444 e. The lowest BCUT2D eigenvalue weighted by molar-refractivity contribution is -0.154. The van der Waals surface area contributed by atoms with E-state index in [0.717, 1.165) is 6.26 Å². The topological polar surface area (TPSA) is 79.8 Å². The van der Waals surface area contributed by atoms with Crippen molar-refractivity contribution in [2.75, 3.05) is 25.9 Å². The highest BCUT2D eigenvalue weighted by molar-refractivity contribution is 7.90. The molecule has 1 amide bonds. The van der Waals surface area contributed by atoms with Crippen molar-refractivity contribution in [2.45, 2.75) is 62.9 Å². The monoisotopic (exact) mass is 527 g/mol. The van der Waals surface area contributed by atoms with Crippen LogP contribution in [0.2, 0.25) is 0 Å². The second-order valence-electron chi connectivity index (χ2n) is 10.1. The summed E-state index contributed by atoms with van der Waals surface area (Å²) in [6.45, 7) is 4.98. The van der Waals surface area contributed by atoms with E-state index < -0.39 is 34.3 Å². The molecule has 0 radical (unpaired) electrons. The highest BCUT2D eigenvalue weighted by Crippen LogP contribution is 2.26. The van der Waals surface area contributed by atoms with Crippen LogP contribution in [0.1, 0.15) is 39.2 Å². The summed E-state index contributed by atoms with van der Waals surface area (Å²) in [5, 5.41) is 0. The number of halogens is 3. The molecule has 1 saturated heterocycles. The van der Waals surface area contributed by atoms with Crippen LogP contribution in [0.5, 0.6) is 0 Å². The second kappa shape index (κ2) is 10.8. The Labute approximate surface area is 210 Å². The molecule has 0 N–H and O–H groups in total. The number of carbonyl (C=O) groups is 1. The summed E-state index contributed by atoms with van der Waals surface area (Å²) < 4.78 is 68.8. The number of benzene rings is 1. The fourth-order valence-electron chi connectivity index (χ4n) is 4.08. The molecule has 1 aromatic heterocycles. The van der Waals surface area contributed by atoms with Crippen LogP contribution in [0.25, 0.3) is 11.3 Å². The summed E-state index contributed by atoms with van der Waals surface area (Å²) in [4.78, 5) is 19.8.